The van der Waals surface area contributed by atoms with Crippen LogP contribution in [-0.2, 0) is 14.8 Å². The zero-order valence-electron chi connectivity index (χ0n) is 12.0. The van der Waals surface area contributed by atoms with Gasteiger partial charge in [-0.15, -0.1) is 0 Å². The van der Waals surface area contributed by atoms with Crippen molar-refractivity contribution in [2.45, 2.75) is 30.6 Å². The minimum absolute atomic E-state index is 0.00634. The molecule has 0 heterocycles. The van der Waals surface area contributed by atoms with Crippen LogP contribution in [0.25, 0.3) is 0 Å². The molecule has 2 rings (SSSR count). The molecule has 116 valence electrons. The van der Waals surface area contributed by atoms with Crippen molar-refractivity contribution < 1.29 is 17.9 Å². The third-order valence-electron chi connectivity index (χ3n) is 3.76. The normalized spacial score (nSPS) is 16.0. The van der Waals surface area contributed by atoms with Crippen LogP contribution in [0.15, 0.2) is 23.1 Å². The van der Waals surface area contributed by atoms with Crippen LogP contribution < -0.4 is 10.5 Å². The first-order valence-electron chi connectivity index (χ1n) is 6.91. The Labute approximate surface area is 124 Å². The fourth-order valence-corrected chi connectivity index (χ4v) is 3.78. The molecule has 21 heavy (non-hydrogen) atoms. The van der Waals surface area contributed by atoms with Crippen LogP contribution in [0.3, 0.4) is 0 Å². The van der Waals surface area contributed by atoms with Crippen molar-refractivity contribution in [3.05, 3.63) is 23.8 Å². The summed E-state index contributed by atoms with van der Waals surface area (Å²) < 4.78 is 31.7. The van der Waals surface area contributed by atoms with E-state index in [4.69, 9.17) is 5.73 Å². The molecule has 1 aromatic rings. The quantitative estimate of drug-likeness (QED) is 0.634. The number of methoxy groups -OCH3 is 1. The van der Waals surface area contributed by atoms with E-state index in [1.54, 1.807) is 0 Å². The molecule has 0 amide bonds. The predicted octanol–water partition coefficient (Wildman–Crippen LogP) is 1.52. The average Bonchev–Trinajstić information content (AvgIpc) is 2.97. The minimum atomic E-state index is -3.65. The van der Waals surface area contributed by atoms with E-state index < -0.39 is 16.0 Å². The maximum atomic E-state index is 12.3. The number of carbonyl (C=O) groups is 1. The molecule has 1 aliphatic rings. The van der Waals surface area contributed by atoms with Crippen molar-refractivity contribution in [3.63, 3.8) is 0 Å². The first-order chi connectivity index (χ1) is 9.94. The number of carbonyl (C=O) groups excluding carboxylic acids is 1. The van der Waals surface area contributed by atoms with Crippen LogP contribution in [0, 0.1) is 5.92 Å². The van der Waals surface area contributed by atoms with E-state index in [1.807, 2.05) is 0 Å². The third-order valence-corrected chi connectivity index (χ3v) is 5.25. The molecule has 0 unspecified atom stereocenters. The largest absolute Gasteiger partial charge is 0.465 e. The number of benzene rings is 1. The van der Waals surface area contributed by atoms with Crippen molar-refractivity contribution in [2.24, 2.45) is 5.92 Å². The maximum Gasteiger partial charge on any atom is 0.337 e. The van der Waals surface area contributed by atoms with Crippen molar-refractivity contribution in [2.75, 3.05) is 19.4 Å². The molecule has 0 bridgehead atoms. The van der Waals surface area contributed by atoms with E-state index in [0.717, 1.165) is 25.7 Å². The van der Waals surface area contributed by atoms with Crippen molar-refractivity contribution in [1.82, 2.24) is 4.72 Å². The summed E-state index contributed by atoms with van der Waals surface area (Å²) in [4.78, 5) is 11.4. The van der Waals surface area contributed by atoms with E-state index >= 15 is 0 Å². The second-order valence-corrected chi connectivity index (χ2v) is 6.98. The summed E-state index contributed by atoms with van der Waals surface area (Å²) in [5, 5.41) is 0. The summed E-state index contributed by atoms with van der Waals surface area (Å²) in [5.74, 6) is -0.153. The van der Waals surface area contributed by atoms with Gasteiger partial charge in [0.1, 0.15) is 4.90 Å². The molecule has 0 aliphatic heterocycles. The lowest BCUT2D eigenvalue weighted by Crippen LogP contribution is -2.29. The van der Waals surface area contributed by atoms with E-state index in [-0.39, 0.29) is 16.1 Å². The van der Waals surface area contributed by atoms with Gasteiger partial charge >= 0.3 is 5.97 Å². The Morgan fingerprint density at radius 3 is 2.62 bits per heavy atom. The third kappa shape index (κ3) is 3.74. The van der Waals surface area contributed by atoms with Crippen LogP contribution in [-0.4, -0.2) is 28.0 Å². The number of anilines is 1. The van der Waals surface area contributed by atoms with Gasteiger partial charge < -0.3 is 10.5 Å². The molecule has 0 radical (unpaired) electrons. The standard InChI is InChI=1S/C14H20N2O4S/c1-20-14(17)11-6-7-13(12(15)8-11)21(18,19)16-9-10-4-2-3-5-10/h6-8,10,16H,2-5,9,15H2,1H3. The van der Waals surface area contributed by atoms with Gasteiger partial charge in [0.15, 0.2) is 0 Å². The first kappa shape index (κ1) is 15.8. The molecule has 1 aliphatic carbocycles. The van der Waals surface area contributed by atoms with Crippen LogP contribution in [0.2, 0.25) is 0 Å². The number of nitrogens with one attached hydrogen (secondary N) is 1. The summed E-state index contributed by atoms with van der Waals surface area (Å²) >= 11 is 0. The topological polar surface area (TPSA) is 98.5 Å². The molecule has 6 nitrogen and oxygen atoms in total. The van der Waals surface area contributed by atoms with E-state index in [0.29, 0.717) is 12.5 Å². The first-order valence-corrected chi connectivity index (χ1v) is 8.40. The van der Waals surface area contributed by atoms with Crippen LogP contribution >= 0.6 is 0 Å². The van der Waals surface area contributed by atoms with Gasteiger partial charge in [0, 0.05) is 6.54 Å². The molecule has 0 atom stereocenters. The number of nitrogen functional groups attached to an aromatic ring is 1. The Balaban J connectivity index is 2.13. The highest BCUT2D eigenvalue weighted by atomic mass is 32.2. The zero-order chi connectivity index (χ0) is 15.5. The van der Waals surface area contributed by atoms with Crippen molar-refractivity contribution >= 4 is 21.7 Å². The summed E-state index contributed by atoms with van der Waals surface area (Å²) in [6, 6.07) is 4.04. The lowest BCUT2D eigenvalue weighted by molar-refractivity contribution is 0.0600. The van der Waals surface area contributed by atoms with Crippen LogP contribution in [0.4, 0.5) is 5.69 Å². The zero-order valence-corrected chi connectivity index (χ0v) is 12.8. The van der Waals surface area contributed by atoms with Gasteiger partial charge in [0.2, 0.25) is 10.0 Å². The average molecular weight is 312 g/mol. The van der Waals surface area contributed by atoms with Gasteiger partial charge in [0.25, 0.3) is 0 Å². The number of hydrogen-bond donors (Lipinski definition) is 2. The Morgan fingerprint density at radius 1 is 1.38 bits per heavy atom. The highest BCUT2D eigenvalue weighted by Crippen LogP contribution is 2.25. The second-order valence-electron chi connectivity index (χ2n) is 5.25. The maximum absolute atomic E-state index is 12.3. The Morgan fingerprint density at radius 2 is 2.05 bits per heavy atom. The Bertz CT molecular complexity index is 622. The minimum Gasteiger partial charge on any atom is -0.465 e. The van der Waals surface area contributed by atoms with Crippen molar-refractivity contribution in [1.29, 1.82) is 0 Å². The Hall–Kier alpha value is -1.60. The molecule has 1 fully saturated rings. The molecule has 0 spiro atoms. The van der Waals surface area contributed by atoms with Gasteiger partial charge in [-0.2, -0.15) is 0 Å². The fourth-order valence-electron chi connectivity index (χ4n) is 2.56. The molecule has 1 aromatic carbocycles. The molecular weight excluding hydrogens is 292 g/mol. The number of esters is 1. The number of rotatable bonds is 5. The second kappa shape index (κ2) is 6.44. The van der Waals surface area contributed by atoms with E-state index in [9.17, 15) is 13.2 Å². The monoisotopic (exact) mass is 312 g/mol. The van der Waals surface area contributed by atoms with Crippen molar-refractivity contribution in [3.8, 4) is 0 Å². The number of hydrogen-bond acceptors (Lipinski definition) is 5. The SMILES string of the molecule is COC(=O)c1ccc(S(=O)(=O)NCC2CCCC2)c(N)c1. The summed E-state index contributed by atoms with van der Waals surface area (Å²) in [5.41, 5.74) is 6.02. The Kier molecular flexibility index (Phi) is 4.84. The van der Waals surface area contributed by atoms with Gasteiger partial charge in [-0.25, -0.2) is 17.9 Å². The summed E-state index contributed by atoms with van der Waals surface area (Å²) in [6.07, 6.45) is 4.42. The highest BCUT2D eigenvalue weighted by Gasteiger charge is 2.22. The fraction of sp³-hybridized carbons (Fsp3) is 0.500. The smallest absolute Gasteiger partial charge is 0.337 e. The van der Waals surface area contributed by atoms with Gasteiger partial charge in [-0.1, -0.05) is 12.8 Å². The summed E-state index contributed by atoms with van der Waals surface area (Å²) in [6.45, 7) is 0.431. The van der Waals surface area contributed by atoms with E-state index in [2.05, 4.69) is 9.46 Å². The molecule has 3 N–H and O–H groups in total. The lowest BCUT2D eigenvalue weighted by Gasteiger charge is -2.13. The van der Waals surface area contributed by atoms with Crippen LogP contribution in [0.5, 0.6) is 0 Å². The van der Waals surface area contributed by atoms with Crippen LogP contribution in [0.1, 0.15) is 36.0 Å². The summed E-state index contributed by atoms with van der Waals surface area (Å²) in [7, 11) is -2.40. The molecule has 0 aromatic heterocycles. The molecule has 0 saturated heterocycles. The number of nitrogens with two attached hydrogens (primary N) is 1. The molecule has 7 heteroatoms. The molecule has 1 saturated carbocycles. The van der Waals surface area contributed by atoms with Gasteiger partial charge in [-0.3, -0.25) is 0 Å². The lowest BCUT2D eigenvalue weighted by atomic mass is 10.1. The predicted molar refractivity (Wildman–Crippen MR) is 79.3 cm³/mol. The highest BCUT2D eigenvalue weighted by molar-refractivity contribution is 7.89. The molecular formula is C14H20N2O4S. The number of sulfonamides is 1. The van der Waals surface area contributed by atoms with Gasteiger partial charge in [-0.05, 0) is 37.0 Å². The van der Waals surface area contributed by atoms with Gasteiger partial charge in [0.05, 0.1) is 18.4 Å². The van der Waals surface area contributed by atoms with E-state index in [1.165, 1.54) is 25.3 Å². The number of ether oxygens (including phenoxy) is 1.